The van der Waals surface area contributed by atoms with Crippen molar-refractivity contribution in [1.82, 2.24) is 5.32 Å². The summed E-state index contributed by atoms with van der Waals surface area (Å²) >= 11 is 6.79. The minimum atomic E-state index is -0.0681. The van der Waals surface area contributed by atoms with E-state index >= 15 is 0 Å². The van der Waals surface area contributed by atoms with E-state index in [4.69, 9.17) is 4.74 Å². The van der Waals surface area contributed by atoms with Gasteiger partial charge in [0.15, 0.2) is 0 Å². The molecule has 0 aliphatic rings. The van der Waals surface area contributed by atoms with Gasteiger partial charge >= 0.3 is 0 Å². The molecule has 0 saturated heterocycles. The van der Waals surface area contributed by atoms with Crippen molar-refractivity contribution >= 4 is 37.8 Å². The lowest BCUT2D eigenvalue weighted by molar-refractivity contribution is 0.0953. The van der Waals surface area contributed by atoms with Crippen LogP contribution in [0.4, 0.5) is 0 Å². The first-order chi connectivity index (χ1) is 8.04. The summed E-state index contributed by atoms with van der Waals surface area (Å²) in [6.45, 7) is 2.71. The molecule has 0 fully saturated rings. The molecule has 0 heterocycles. The zero-order chi connectivity index (χ0) is 12.8. The van der Waals surface area contributed by atoms with Gasteiger partial charge in [-0.05, 0) is 40.5 Å². The molecule has 0 bridgehead atoms. The van der Waals surface area contributed by atoms with Crippen LogP contribution < -0.4 is 10.1 Å². The van der Waals surface area contributed by atoms with Gasteiger partial charge in [-0.15, -0.1) is 0 Å². The van der Waals surface area contributed by atoms with E-state index in [1.165, 1.54) is 0 Å². The number of rotatable bonds is 5. The van der Waals surface area contributed by atoms with E-state index in [9.17, 15) is 4.79 Å². The molecule has 1 aromatic rings. The molecule has 0 aliphatic heterocycles. The number of methoxy groups -OCH3 is 1. The first-order valence-corrected chi connectivity index (χ1v) is 7.01. The van der Waals surface area contributed by atoms with Gasteiger partial charge in [-0.1, -0.05) is 22.9 Å². The third-order valence-corrected chi connectivity index (χ3v) is 3.32. The topological polar surface area (TPSA) is 38.3 Å². The van der Waals surface area contributed by atoms with Crippen molar-refractivity contribution in [2.45, 2.75) is 18.2 Å². The summed E-state index contributed by atoms with van der Waals surface area (Å²) in [6, 6.07) is 5.27. The Morgan fingerprint density at radius 3 is 2.76 bits per heavy atom. The van der Waals surface area contributed by atoms with Gasteiger partial charge in [0.05, 0.1) is 11.6 Å². The third kappa shape index (κ3) is 4.68. The molecule has 0 saturated carbocycles. The van der Waals surface area contributed by atoms with Gasteiger partial charge in [0.25, 0.3) is 5.91 Å². The summed E-state index contributed by atoms with van der Waals surface area (Å²) in [5.41, 5.74) is 0.625. The van der Waals surface area contributed by atoms with Crippen LogP contribution in [0.3, 0.4) is 0 Å². The molecular formula is C12H15Br2NO2. The number of amides is 1. The van der Waals surface area contributed by atoms with Gasteiger partial charge in [-0.2, -0.15) is 0 Å². The summed E-state index contributed by atoms with van der Waals surface area (Å²) in [5, 5.41) is 2.86. The average Bonchev–Trinajstić information content (AvgIpc) is 2.28. The lowest BCUT2D eigenvalue weighted by Crippen LogP contribution is -2.25. The summed E-state index contributed by atoms with van der Waals surface area (Å²) in [7, 11) is 1.59. The number of alkyl halides is 1. The van der Waals surface area contributed by atoms with Crippen molar-refractivity contribution in [2.24, 2.45) is 0 Å². The maximum atomic E-state index is 11.8. The maximum absolute atomic E-state index is 11.8. The van der Waals surface area contributed by atoms with Crippen LogP contribution in [0.25, 0.3) is 0 Å². The Morgan fingerprint density at radius 2 is 2.24 bits per heavy atom. The van der Waals surface area contributed by atoms with Crippen LogP contribution in [0.2, 0.25) is 0 Å². The first kappa shape index (κ1) is 14.5. The number of halogens is 2. The predicted molar refractivity (Wildman–Crippen MR) is 76.0 cm³/mol. The van der Waals surface area contributed by atoms with E-state index in [0.717, 1.165) is 16.6 Å². The fourth-order valence-electron chi connectivity index (χ4n) is 1.29. The van der Waals surface area contributed by atoms with Crippen LogP contribution in [0.1, 0.15) is 23.7 Å². The molecule has 5 heteroatoms. The first-order valence-electron chi connectivity index (χ1n) is 5.30. The SMILES string of the molecule is COc1ccc(C(=O)NCCC(C)Br)cc1Br. The molecule has 94 valence electrons. The summed E-state index contributed by atoms with van der Waals surface area (Å²) in [5.74, 6) is 0.650. The van der Waals surface area contributed by atoms with E-state index in [1.807, 2.05) is 0 Å². The molecule has 17 heavy (non-hydrogen) atoms. The minimum absolute atomic E-state index is 0.0681. The Balaban J connectivity index is 2.60. The molecular weight excluding hydrogens is 350 g/mol. The zero-order valence-corrected chi connectivity index (χ0v) is 13.0. The largest absolute Gasteiger partial charge is 0.496 e. The van der Waals surface area contributed by atoms with Crippen LogP contribution >= 0.6 is 31.9 Å². The average molecular weight is 365 g/mol. The fraction of sp³-hybridized carbons (Fsp3) is 0.417. The third-order valence-electron chi connectivity index (χ3n) is 2.24. The maximum Gasteiger partial charge on any atom is 0.251 e. The van der Waals surface area contributed by atoms with Crippen molar-refractivity contribution in [1.29, 1.82) is 0 Å². The fourth-order valence-corrected chi connectivity index (χ4v) is 2.06. The molecule has 0 spiro atoms. The van der Waals surface area contributed by atoms with Crippen LogP contribution in [-0.2, 0) is 0 Å². The van der Waals surface area contributed by atoms with E-state index in [0.29, 0.717) is 16.9 Å². The highest BCUT2D eigenvalue weighted by Gasteiger charge is 2.08. The quantitative estimate of drug-likeness (QED) is 0.813. The Morgan fingerprint density at radius 1 is 1.53 bits per heavy atom. The van der Waals surface area contributed by atoms with Gasteiger partial charge in [-0.25, -0.2) is 0 Å². The van der Waals surface area contributed by atoms with E-state index in [2.05, 4.69) is 44.1 Å². The van der Waals surface area contributed by atoms with Crippen molar-refractivity contribution in [3.8, 4) is 5.75 Å². The zero-order valence-electron chi connectivity index (χ0n) is 9.80. The van der Waals surface area contributed by atoms with E-state index in [1.54, 1.807) is 25.3 Å². The molecule has 1 atom stereocenters. The smallest absolute Gasteiger partial charge is 0.251 e. The standard InChI is InChI=1S/C12H15Br2NO2/c1-8(13)5-6-15-12(16)9-3-4-11(17-2)10(14)7-9/h3-4,7-8H,5-6H2,1-2H3,(H,15,16). The second-order valence-corrected chi connectivity index (χ2v) is 6.09. The number of hydrogen-bond donors (Lipinski definition) is 1. The van der Waals surface area contributed by atoms with Gasteiger partial charge in [-0.3, -0.25) is 4.79 Å². The van der Waals surface area contributed by atoms with Gasteiger partial charge in [0, 0.05) is 16.9 Å². The highest BCUT2D eigenvalue weighted by molar-refractivity contribution is 9.10. The monoisotopic (exact) mass is 363 g/mol. The lowest BCUT2D eigenvalue weighted by atomic mass is 10.2. The van der Waals surface area contributed by atoms with Gasteiger partial charge < -0.3 is 10.1 Å². The van der Waals surface area contributed by atoms with Crippen molar-refractivity contribution in [3.63, 3.8) is 0 Å². The molecule has 1 aromatic carbocycles. The number of hydrogen-bond acceptors (Lipinski definition) is 2. The van der Waals surface area contributed by atoms with Crippen LogP contribution in [0.5, 0.6) is 5.75 Å². The number of benzene rings is 1. The van der Waals surface area contributed by atoms with E-state index in [-0.39, 0.29) is 5.91 Å². The minimum Gasteiger partial charge on any atom is -0.496 e. The van der Waals surface area contributed by atoms with Crippen molar-refractivity contribution in [2.75, 3.05) is 13.7 Å². The van der Waals surface area contributed by atoms with Crippen molar-refractivity contribution < 1.29 is 9.53 Å². The number of ether oxygens (including phenoxy) is 1. The van der Waals surface area contributed by atoms with Gasteiger partial charge in [0.2, 0.25) is 0 Å². The summed E-state index contributed by atoms with van der Waals surface area (Å²) in [6.07, 6.45) is 0.906. The highest BCUT2D eigenvalue weighted by atomic mass is 79.9. The molecule has 0 aromatic heterocycles. The molecule has 0 radical (unpaired) electrons. The number of nitrogens with one attached hydrogen (secondary N) is 1. The summed E-state index contributed by atoms with van der Waals surface area (Å²) in [4.78, 5) is 12.2. The van der Waals surface area contributed by atoms with Crippen molar-refractivity contribution in [3.05, 3.63) is 28.2 Å². The molecule has 3 nitrogen and oxygen atoms in total. The van der Waals surface area contributed by atoms with Crippen LogP contribution in [-0.4, -0.2) is 24.4 Å². The second-order valence-electron chi connectivity index (χ2n) is 3.67. The van der Waals surface area contributed by atoms with E-state index < -0.39 is 0 Å². The predicted octanol–water partition coefficient (Wildman–Crippen LogP) is 3.36. The number of carbonyl (C=O) groups is 1. The lowest BCUT2D eigenvalue weighted by Gasteiger charge is -2.08. The Kier molecular flexibility index (Phi) is 5.98. The Labute approximate surface area is 118 Å². The Bertz CT molecular complexity index is 394. The molecule has 0 aliphatic carbocycles. The normalized spacial score (nSPS) is 12.0. The highest BCUT2D eigenvalue weighted by Crippen LogP contribution is 2.25. The summed E-state index contributed by atoms with van der Waals surface area (Å²) < 4.78 is 5.89. The second kappa shape index (κ2) is 7.01. The molecule has 1 rings (SSSR count). The molecule has 1 unspecified atom stereocenters. The molecule has 1 amide bonds. The van der Waals surface area contributed by atoms with Gasteiger partial charge in [0.1, 0.15) is 5.75 Å². The molecule has 1 N–H and O–H groups in total. The van der Waals surface area contributed by atoms with Crippen LogP contribution in [0.15, 0.2) is 22.7 Å². The number of carbonyl (C=O) groups excluding carboxylic acids is 1. The van der Waals surface area contributed by atoms with Crippen LogP contribution in [0, 0.1) is 0 Å². The Hall–Kier alpha value is -0.550.